The van der Waals surface area contributed by atoms with Crippen LogP contribution in [0.1, 0.15) is 32.6 Å². The first-order valence-corrected chi connectivity index (χ1v) is 5.83. The number of rotatable bonds is 5. The van der Waals surface area contributed by atoms with Crippen molar-refractivity contribution in [2.24, 2.45) is 5.92 Å². The lowest BCUT2D eigenvalue weighted by atomic mass is 9.86. The summed E-state index contributed by atoms with van der Waals surface area (Å²) in [6.45, 7) is 3.83. The zero-order chi connectivity index (χ0) is 11.1. The minimum Gasteiger partial charge on any atom is -0.393 e. The molecule has 0 spiro atoms. The van der Waals surface area contributed by atoms with Gasteiger partial charge >= 0.3 is 0 Å². The zero-order valence-corrected chi connectivity index (χ0v) is 9.46. The van der Waals surface area contributed by atoms with Crippen molar-refractivity contribution < 1.29 is 9.90 Å². The average molecular weight is 214 g/mol. The summed E-state index contributed by atoms with van der Waals surface area (Å²) in [5, 5.41) is 15.7. The summed E-state index contributed by atoms with van der Waals surface area (Å²) in [6.07, 6.45) is 4.32. The van der Waals surface area contributed by atoms with Gasteiger partial charge in [-0.25, -0.2) is 0 Å². The van der Waals surface area contributed by atoms with Crippen molar-refractivity contribution in [2.45, 2.75) is 38.7 Å². The maximum absolute atomic E-state index is 10.6. The highest BCUT2D eigenvalue weighted by atomic mass is 16.3. The van der Waals surface area contributed by atoms with E-state index in [0.717, 1.165) is 32.4 Å². The van der Waals surface area contributed by atoms with Crippen molar-refractivity contribution in [3.63, 3.8) is 0 Å². The Bertz CT molecular complexity index is 197. The highest BCUT2D eigenvalue weighted by molar-refractivity contribution is 5.72. The van der Waals surface area contributed by atoms with Crippen LogP contribution in [0.25, 0.3) is 0 Å². The molecule has 1 aliphatic carbocycles. The summed E-state index contributed by atoms with van der Waals surface area (Å²) < 4.78 is 0. The zero-order valence-electron chi connectivity index (χ0n) is 9.46. The number of aliphatic hydroxyl groups is 1. The van der Waals surface area contributed by atoms with Crippen LogP contribution >= 0.6 is 0 Å². The maximum atomic E-state index is 10.6. The molecule has 0 aromatic rings. The van der Waals surface area contributed by atoms with Gasteiger partial charge in [-0.2, -0.15) is 0 Å². The van der Waals surface area contributed by atoms with Crippen LogP contribution < -0.4 is 10.6 Å². The molecule has 0 aliphatic heterocycles. The van der Waals surface area contributed by atoms with Gasteiger partial charge in [0.2, 0.25) is 5.91 Å². The first-order valence-electron chi connectivity index (χ1n) is 5.83. The van der Waals surface area contributed by atoms with Gasteiger partial charge < -0.3 is 15.7 Å². The lowest BCUT2D eigenvalue weighted by molar-refractivity contribution is -0.118. The second kappa shape index (κ2) is 6.80. The van der Waals surface area contributed by atoms with E-state index in [4.69, 9.17) is 0 Å². The third kappa shape index (κ3) is 5.14. The first kappa shape index (κ1) is 12.5. The van der Waals surface area contributed by atoms with Crippen molar-refractivity contribution in [3.05, 3.63) is 0 Å². The Morgan fingerprint density at radius 1 is 1.33 bits per heavy atom. The average Bonchev–Trinajstić information content (AvgIpc) is 2.20. The van der Waals surface area contributed by atoms with Gasteiger partial charge in [-0.1, -0.05) is 12.8 Å². The first-order chi connectivity index (χ1) is 7.20. The predicted octanol–water partition coefficient (Wildman–Crippen LogP) is 0.263. The Morgan fingerprint density at radius 2 is 2.07 bits per heavy atom. The summed E-state index contributed by atoms with van der Waals surface area (Å²) in [4.78, 5) is 10.6. The van der Waals surface area contributed by atoms with E-state index in [-0.39, 0.29) is 12.0 Å². The molecule has 15 heavy (non-hydrogen) atoms. The second-order valence-electron chi connectivity index (χ2n) is 4.30. The Kier molecular flexibility index (Phi) is 5.65. The Labute approximate surface area is 91.4 Å². The standard InChI is InChI=1S/C11H22N2O2/c1-9(14)13-7-6-12-8-10-4-2-3-5-11(10)15/h10-12,15H,2-8H2,1H3,(H,13,14). The number of carbonyl (C=O) groups excluding carboxylic acids is 1. The Balaban J connectivity index is 2.01. The van der Waals surface area contributed by atoms with E-state index in [1.165, 1.54) is 13.3 Å². The number of carbonyl (C=O) groups is 1. The van der Waals surface area contributed by atoms with Crippen molar-refractivity contribution in [1.29, 1.82) is 0 Å². The predicted molar refractivity (Wildman–Crippen MR) is 59.5 cm³/mol. The lowest BCUT2D eigenvalue weighted by Crippen LogP contribution is -2.37. The van der Waals surface area contributed by atoms with Crippen LogP contribution in [0.3, 0.4) is 0 Å². The van der Waals surface area contributed by atoms with E-state index in [1.807, 2.05) is 0 Å². The van der Waals surface area contributed by atoms with Gasteiger partial charge in [-0.15, -0.1) is 0 Å². The Hall–Kier alpha value is -0.610. The molecule has 0 bridgehead atoms. The summed E-state index contributed by atoms with van der Waals surface area (Å²) in [7, 11) is 0. The third-order valence-corrected chi connectivity index (χ3v) is 2.95. The molecule has 1 amide bonds. The number of nitrogens with one attached hydrogen (secondary N) is 2. The lowest BCUT2D eigenvalue weighted by Gasteiger charge is -2.27. The summed E-state index contributed by atoms with van der Waals surface area (Å²) in [6, 6.07) is 0. The van der Waals surface area contributed by atoms with E-state index < -0.39 is 0 Å². The number of hydrogen-bond acceptors (Lipinski definition) is 3. The van der Waals surface area contributed by atoms with E-state index in [0.29, 0.717) is 12.5 Å². The molecule has 1 aliphatic rings. The third-order valence-electron chi connectivity index (χ3n) is 2.95. The van der Waals surface area contributed by atoms with E-state index in [9.17, 15) is 9.90 Å². The minimum absolute atomic E-state index is 0.00880. The number of amides is 1. The minimum atomic E-state index is -0.132. The molecule has 0 saturated heterocycles. The molecular weight excluding hydrogens is 192 g/mol. The highest BCUT2D eigenvalue weighted by Crippen LogP contribution is 2.23. The molecule has 0 aromatic carbocycles. The molecule has 0 radical (unpaired) electrons. The van der Waals surface area contributed by atoms with Gasteiger partial charge in [-0.05, 0) is 18.8 Å². The second-order valence-corrected chi connectivity index (χ2v) is 4.30. The topological polar surface area (TPSA) is 61.4 Å². The fourth-order valence-corrected chi connectivity index (χ4v) is 2.04. The summed E-state index contributed by atoms with van der Waals surface area (Å²) in [5.41, 5.74) is 0. The summed E-state index contributed by atoms with van der Waals surface area (Å²) >= 11 is 0. The molecule has 3 N–H and O–H groups in total. The smallest absolute Gasteiger partial charge is 0.216 e. The maximum Gasteiger partial charge on any atom is 0.216 e. The molecule has 2 atom stereocenters. The van der Waals surface area contributed by atoms with Crippen LogP contribution in [0, 0.1) is 5.92 Å². The van der Waals surface area contributed by atoms with Gasteiger partial charge in [0, 0.05) is 26.6 Å². The summed E-state index contributed by atoms with van der Waals surface area (Å²) in [5.74, 6) is 0.408. The molecule has 1 rings (SSSR count). The largest absolute Gasteiger partial charge is 0.393 e. The van der Waals surface area contributed by atoms with Crippen molar-refractivity contribution in [2.75, 3.05) is 19.6 Å². The van der Waals surface area contributed by atoms with Crippen LogP contribution in [-0.2, 0) is 4.79 Å². The number of aliphatic hydroxyl groups excluding tert-OH is 1. The highest BCUT2D eigenvalue weighted by Gasteiger charge is 2.21. The normalized spacial score (nSPS) is 26.3. The van der Waals surface area contributed by atoms with Crippen LogP contribution in [0.2, 0.25) is 0 Å². The van der Waals surface area contributed by atoms with Gasteiger partial charge in [0.05, 0.1) is 6.10 Å². The SMILES string of the molecule is CC(=O)NCCNCC1CCCCC1O. The molecule has 4 nitrogen and oxygen atoms in total. The molecule has 1 saturated carbocycles. The van der Waals surface area contributed by atoms with Crippen molar-refractivity contribution in [3.8, 4) is 0 Å². The van der Waals surface area contributed by atoms with Gasteiger partial charge in [0.1, 0.15) is 0 Å². The molecule has 88 valence electrons. The molecule has 2 unspecified atom stereocenters. The fourth-order valence-electron chi connectivity index (χ4n) is 2.04. The van der Waals surface area contributed by atoms with E-state index in [2.05, 4.69) is 10.6 Å². The molecule has 4 heteroatoms. The van der Waals surface area contributed by atoms with Crippen molar-refractivity contribution in [1.82, 2.24) is 10.6 Å². The number of hydrogen-bond donors (Lipinski definition) is 3. The molecular formula is C11H22N2O2. The molecule has 0 aromatic heterocycles. The van der Waals surface area contributed by atoms with Gasteiger partial charge in [-0.3, -0.25) is 4.79 Å². The quantitative estimate of drug-likeness (QED) is 0.575. The van der Waals surface area contributed by atoms with E-state index in [1.54, 1.807) is 0 Å². The Morgan fingerprint density at radius 3 is 2.73 bits per heavy atom. The van der Waals surface area contributed by atoms with Gasteiger partial charge in [0.15, 0.2) is 0 Å². The monoisotopic (exact) mass is 214 g/mol. The van der Waals surface area contributed by atoms with Crippen LogP contribution in [0.4, 0.5) is 0 Å². The van der Waals surface area contributed by atoms with Crippen LogP contribution in [0.15, 0.2) is 0 Å². The van der Waals surface area contributed by atoms with E-state index >= 15 is 0 Å². The molecule has 0 heterocycles. The fraction of sp³-hybridized carbons (Fsp3) is 0.909. The van der Waals surface area contributed by atoms with Crippen LogP contribution in [-0.4, -0.2) is 36.8 Å². The van der Waals surface area contributed by atoms with Gasteiger partial charge in [0.25, 0.3) is 0 Å². The molecule has 1 fully saturated rings. The van der Waals surface area contributed by atoms with Crippen LogP contribution in [0.5, 0.6) is 0 Å². The van der Waals surface area contributed by atoms with Crippen molar-refractivity contribution >= 4 is 5.91 Å².